The number of hydrogen-bond acceptors (Lipinski definition) is 1. The standard InChI is InChI=1S/C5H12N2/c6-4-2-1-3-5-7/h1-6H2. The van der Waals surface area contributed by atoms with Crippen LogP contribution in [0.3, 0.4) is 0 Å². The molecule has 42 valence electrons. The summed E-state index contributed by atoms with van der Waals surface area (Å²) in [5, 5.41) is 0. The van der Waals surface area contributed by atoms with Gasteiger partial charge in [-0.25, -0.2) is 0 Å². The van der Waals surface area contributed by atoms with E-state index in [9.17, 15) is 0 Å². The van der Waals surface area contributed by atoms with Gasteiger partial charge < -0.3 is 5.73 Å². The highest BCUT2D eigenvalue weighted by Gasteiger charge is 1.81. The van der Waals surface area contributed by atoms with Crippen molar-refractivity contribution >= 4 is 0 Å². The molecule has 2 radical (unpaired) electrons. The topological polar surface area (TPSA) is 48.3 Å². The molecule has 0 spiro atoms. The highest BCUT2D eigenvalue weighted by Crippen LogP contribution is 1.89. The SMILES string of the molecule is [N]CCCCCN. The van der Waals surface area contributed by atoms with Gasteiger partial charge in [-0.15, -0.1) is 5.73 Å². The Morgan fingerprint density at radius 2 is 1.86 bits per heavy atom. The van der Waals surface area contributed by atoms with E-state index in [0.717, 1.165) is 25.8 Å². The zero-order valence-electron chi connectivity index (χ0n) is 4.56. The second-order valence-corrected chi connectivity index (χ2v) is 1.57. The summed E-state index contributed by atoms with van der Waals surface area (Å²) in [6.45, 7) is 1.06. The molecule has 7 heavy (non-hydrogen) atoms. The van der Waals surface area contributed by atoms with Gasteiger partial charge in [-0.05, 0) is 19.4 Å². The largest absolute Gasteiger partial charge is 0.330 e. The molecule has 0 amide bonds. The third kappa shape index (κ3) is 5.92. The highest BCUT2D eigenvalue weighted by atomic mass is 14.5. The van der Waals surface area contributed by atoms with Crippen LogP contribution in [0.5, 0.6) is 0 Å². The third-order valence-corrected chi connectivity index (χ3v) is 0.862. The molecule has 0 aromatic heterocycles. The molecular formula is C5H12N2. The number of unbranched alkanes of at least 4 members (excludes halogenated alkanes) is 2. The van der Waals surface area contributed by atoms with E-state index in [1.165, 1.54) is 0 Å². The van der Waals surface area contributed by atoms with Crippen molar-refractivity contribution in [2.24, 2.45) is 5.73 Å². The normalized spacial score (nSPS) is 9.43. The minimum atomic E-state index is 0.306. The molecular weight excluding hydrogens is 88.1 g/mol. The lowest BCUT2D eigenvalue weighted by Crippen LogP contribution is -1.98. The Morgan fingerprint density at radius 3 is 2.29 bits per heavy atom. The second-order valence-electron chi connectivity index (χ2n) is 1.57. The van der Waals surface area contributed by atoms with Crippen LogP contribution < -0.4 is 11.5 Å². The molecule has 0 saturated heterocycles. The fourth-order valence-corrected chi connectivity index (χ4v) is 0.433. The van der Waals surface area contributed by atoms with Crippen molar-refractivity contribution in [3.8, 4) is 0 Å². The van der Waals surface area contributed by atoms with Crippen LogP contribution >= 0.6 is 0 Å². The molecule has 0 aliphatic carbocycles. The van der Waals surface area contributed by atoms with Crippen molar-refractivity contribution in [2.45, 2.75) is 19.3 Å². The van der Waals surface area contributed by atoms with E-state index in [-0.39, 0.29) is 0 Å². The van der Waals surface area contributed by atoms with Crippen LogP contribution in [0.25, 0.3) is 0 Å². The molecule has 0 aromatic carbocycles. The smallest absolute Gasteiger partial charge is 0.0321 e. The van der Waals surface area contributed by atoms with Crippen molar-refractivity contribution in [3.05, 3.63) is 0 Å². The first-order valence-corrected chi connectivity index (χ1v) is 2.72. The minimum Gasteiger partial charge on any atom is -0.330 e. The Bertz CT molecular complexity index is 25.3. The van der Waals surface area contributed by atoms with Crippen molar-refractivity contribution in [2.75, 3.05) is 13.1 Å². The van der Waals surface area contributed by atoms with Gasteiger partial charge in [-0.2, -0.15) is 0 Å². The maximum atomic E-state index is 8.25. The van der Waals surface area contributed by atoms with Gasteiger partial charge in [0.15, 0.2) is 0 Å². The summed E-state index contributed by atoms with van der Waals surface area (Å²) in [6.07, 6.45) is 3.00. The van der Waals surface area contributed by atoms with Gasteiger partial charge in [0.2, 0.25) is 0 Å². The van der Waals surface area contributed by atoms with Crippen molar-refractivity contribution in [1.29, 1.82) is 0 Å². The monoisotopic (exact) mass is 100 g/mol. The van der Waals surface area contributed by atoms with E-state index in [1.807, 2.05) is 0 Å². The molecule has 0 rings (SSSR count). The highest BCUT2D eigenvalue weighted by molar-refractivity contribution is 4.40. The lowest BCUT2D eigenvalue weighted by molar-refractivity contribution is 0.688. The Hall–Kier alpha value is -0.0800. The minimum absolute atomic E-state index is 0.306. The van der Waals surface area contributed by atoms with Crippen molar-refractivity contribution < 1.29 is 0 Å². The van der Waals surface area contributed by atoms with E-state index in [4.69, 9.17) is 11.5 Å². The van der Waals surface area contributed by atoms with Crippen molar-refractivity contribution in [3.63, 3.8) is 0 Å². The van der Waals surface area contributed by atoms with Crippen LogP contribution in [-0.4, -0.2) is 13.1 Å². The Balaban J connectivity index is 2.45. The molecule has 0 aliphatic heterocycles. The fourth-order valence-electron chi connectivity index (χ4n) is 0.433. The first-order chi connectivity index (χ1) is 3.41. The molecule has 2 heteroatoms. The lowest BCUT2D eigenvalue weighted by Gasteiger charge is -1.89. The molecule has 2 nitrogen and oxygen atoms in total. The first-order valence-electron chi connectivity index (χ1n) is 2.72. The summed E-state index contributed by atoms with van der Waals surface area (Å²) in [5.74, 6) is 0. The predicted molar refractivity (Wildman–Crippen MR) is 29.9 cm³/mol. The summed E-state index contributed by atoms with van der Waals surface area (Å²) >= 11 is 0. The van der Waals surface area contributed by atoms with Crippen LogP contribution in [0, 0.1) is 0 Å². The second kappa shape index (κ2) is 5.92. The van der Waals surface area contributed by atoms with Gasteiger partial charge in [0.25, 0.3) is 0 Å². The summed E-state index contributed by atoms with van der Waals surface area (Å²) in [7, 11) is 0. The molecule has 0 aliphatic rings. The van der Waals surface area contributed by atoms with E-state index in [0.29, 0.717) is 6.54 Å². The van der Waals surface area contributed by atoms with Gasteiger partial charge in [0.05, 0.1) is 0 Å². The van der Waals surface area contributed by atoms with Crippen LogP contribution in [0.1, 0.15) is 19.3 Å². The summed E-state index contributed by atoms with van der Waals surface area (Å²) in [5.41, 5.74) is 13.4. The number of rotatable bonds is 4. The van der Waals surface area contributed by atoms with Crippen LogP contribution in [0.2, 0.25) is 0 Å². The molecule has 0 saturated carbocycles. The lowest BCUT2D eigenvalue weighted by atomic mass is 10.2. The maximum absolute atomic E-state index is 8.25. The maximum Gasteiger partial charge on any atom is 0.0321 e. The Kier molecular flexibility index (Phi) is 5.85. The van der Waals surface area contributed by atoms with Gasteiger partial charge in [-0.1, -0.05) is 6.42 Å². The first kappa shape index (κ1) is 6.92. The van der Waals surface area contributed by atoms with E-state index in [2.05, 4.69) is 0 Å². The summed E-state index contributed by atoms with van der Waals surface area (Å²) < 4.78 is 0. The molecule has 2 N–H and O–H groups in total. The molecule has 0 aromatic rings. The zero-order chi connectivity index (χ0) is 5.54. The van der Waals surface area contributed by atoms with Gasteiger partial charge >= 0.3 is 0 Å². The average Bonchev–Trinajstić information content (AvgIpc) is 1.69. The molecule has 0 heterocycles. The van der Waals surface area contributed by atoms with E-state index >= 15 is 0 Å². The van der Waals surface area contributed by atoms with Gasteiger partial charge in [-0.3, -0.25) is 0 Å². The quantitative estimate of drug-likeness (QED) is 0.503. The van der Waals surface area contributed by atoms with Crippen LogP contribution in [-0.2, 0) is 0 Å². The summed E-state index contributed by atoms with van der Waals surface area (Å²) in [4.78, 5) is 0. The molecule has 0 unspecified atom stereocenters. The van der Waals surface area contributed by atoms with Crippen molar-refractivity contribution in [1.82, 2.24) is 5.73 Å². The molecule has 0 bridgehead atoms. The predicted octanol–water partition coefficient (Wildman–Crippen LogP) is 0.184. The number of nitrogens with zero attached hydrogens (tertiary/aromatic N) is 1. The number of hydrogen-bond donors (Lipinski definition) is 1. The van der Waals surface area contributed by atoms with Gasteiger partial charge in [0.1, 0.15) is 0 Å². The van der Waals surface area contributed by atoms with Crippen LogP contribution in [0.4, 0.5) is 0 Å². The van der Waals surface area contributed by atoms with E-state index in [1.54, 1.807) is 0 Å². The average molecular weight is 100 g/mol. The summed E-state index contributed by atoms with van der Waals surface area (Å²) in [6, 6.07) is 0. The number of nitrogens with two attached hydrogens (primary N) is 1. The molecule has 0 atom stereocenters. The Morgan fingerprint density at radius 1 is 1.14 bits per heavy atom. The van der Waals surface area contributed by atoms with Gasteiger partial charge in [0, 0.05) is 6.54 Å². The van der Waals surface area contributed by atoms with Crippen LogP contribution in [0.15, 0.2) is 0 Å². The fraction of sp³-hybridized carbons (Fsp3) is 1.00. The zero-order valence-corrected chi connectivity index (χ0v) is 4.56. The van der Waals surface area contributed by atoms with E-state index < -0.39 is 0 Å². The Labute approximate surface area is 44.9 Å². The molecule has 0 fully saturated rings. The third-order valence-electron chi connectivity index (χ3n) is 0.862.